The van der Waals surface area contributed by atoms with Gasteiger partial charge in [-0.1, -0.05) is 25.7 Å². The van der Waals surface area contributed by atoms with E-state index < -0.39 is 0 Å². The molecule has 20 heavy (non-hydrogen) atoms. The van der Waals surface area contributed by atoms with Gasteiger partial charge in [0.05, 0.1) is 0 Å². The Kier molecular flexibility index (Phi) is 4.89. The molecule has 1 aromatic rings. The van der Waals surface area contributed by atoms with Crippen LogP contribution in [0.5, 0.6) is 0 Å². The lowest BCUT2D eigenvalue weighted by Crippen LogP contribution is -2.34. The third-order valence-corrected chi connectivity index (χ3v) is 7.77. The highest BCUT2D eigenvalue weighted by atomic mass is 79.9. The molecule has 0 spiro atoms. The largest absolute Gasteiger partial charge is 0.312 e. The minimum atomic E-state index is 0.563. The van der Waals surface area contributed by atoms with Gasteiger partial charge in [-0.25, -0.2) is 0 Å². The molecule has 3 rings (SSSR count). The molecule has 1 aromatic heterocycles. The van der Waals surface area contributed by atoms with Crippen LogP contribution in [0.15, 0.2) is 10.5 Å². The normalized spacial score (nSPS) is 31.9. The Morgan fingerprint density at radius 2 is 1.95 bits per heavy atom. The molecule has 3 heteroatoms. The van der Waals surface area contributed by atoms with Gasteiger partial charge in [0, 0.05) is 20.3 Å². The van der Waals surface area contributed by atoms with E-state index in [1.807, 2.05) is 11.3 Å². The molecule has 2 saturated carbocycles. The molecule has 4 unspecified atom stereocenters. The Morgan fingerprint density at radius 1 is 1.20 bits per heavy atom. The Morgan fingerprint density at radius 3 is 2.60 bits per heavy atom. The minimum absolute atomic E-state index is 0.563. The van der Waals surface area contributed by atoms with Crippen molar-refractivity contribution >= 4 is 27.3 Å². The number of aryl methyl sites for hydroxylation is 1. The topological polar surface area (TPSA) is 12.0 Å². The van der Waals surface area contributed by atoms with Crippen molar-refractivity contribution in [2.24, 2.45) is 17.8 Å². The van der Waals surface area contributed by atoms with Gasteiger partial charge in [-0.05, 0) is 73.0 Å². The van der Waals surface area contributed by atoms with Gasteiger partial charge in [0.1, 0.15) is 0 Å². The van der Waals surface area contributed by atoms with Gasteiger partial charge in [0.15, 0.2) is 0 Å². The van der Waals surface area contributed by atoms with Gasteiger partial charge in [-0.15, -0.1) is 11.3 Å². The highest BCUT2D eigenvalue weighted by Crippen LogP contribution is 2.47. The van der Waals surface area contributed by atoms with Gasteiger partial charge in [-0.3, -0.25) is 0 Å². The average Bonchev–Trinajstić information content (AvgIpc) is 2.79. The molecule has 0 bridgehead atoms. The molecule has 4 atom stereocenters. The highest BCUT2D eigenvalue weighted by Gasteiger charge is 2.35. The molecule has 0 aromatic carbocycles. The number of thiophene rings is 1. The first-order valence-corrected chi connectivity index (χ1v) is 9.73. The molecule has 1 N–H and O–H groups in total. The van der Waals surface area contributed by atoms with Crippen LogP contribution in [-0.4, -0.2) is 7.05 Å². The van der Waals surface area contributed by atoms with E-state index in [4.69, 9.17) is 0 Å². The summed E-state index contributed by atoms with van der Waals surface area (Å²) >= 11 is 5.64. The lowest BCUT2D eigenvalue weighted by molar-refractivity contribution is 0.112. The maximum absolute atomic E-state index is 3.68. The maximum Gasteiger partial charge on any atom is 0.0441 e. The van der Waals surface area contributed by atoms with E-state index in [0.29, 0.717) is 6.04 Å². The molecule has 2 aliphatic carbocycles. The van der Waals surface area contributed by atoms with Gasteiger partial charge >= 0.3 is 0 Å². The first-order valence-electron chi connectivity index (χ1n) is 8.12. The smallest absolute Gasteiger partial charge is 0.0441 e. The molecule has 0 aliphatic heterocycles. The predicted molar refractivity (Wildman–Crippen MR) is 91.3 cm³/mol. The zero-order valence-electron chi connectivity index (χ0n) is 12.6. The summed E-state index contributed by atoms with van der Waals surface area (Å²) in [5.74, 6) is 2.90. The van der Waals surface area contributed by atoms with Gasteiger partial charge in [-0.2, -0.15) is 0 Å². The Labute approximate surface area is 135 Å². The molecule has 1 heterocycles. The SMILES string of the molecule is CNC(c1cc(Br)c(C)s1)C1CCC2CCCCC2C1. The monoisotopic (exact) mass is 355 g/mol. The molecule has 0 radical (unpaired) electrons. The summed E-state index contributed by atoms with van der Waals surface area (Å²) in [7, 11) is 2.14. The molecule has 2 aliphatic rings. The molecule has 0 amide bonds. The minimum Gasteiger partial charge on any atom is -0.312 e. The third kappa shape index (κ3) is 3.00. The fourth-order valence-corrected chi connectivity index (χ4v) is 6.22. The first-order chi connectivity index (χ1) is 9.69. The van der Waals surface area contributed by atoms with Crippen molar-refractivity contribution in [1.29, 1.82) is 0 Å². The fraction of sp³-hybridized carbons (Fsp3) is 0.765. The predicted octanol–water partition coefficient (Wildman–Crippen LogP) is 5.69. The fourth-order valence-electron chi connectivity index (χ4n) is 4.46. The Balaban J connectivity index is 1.73. The number of halogens is 1. The van der Waals surface area contributed by atoms with E-state index in [0.717, 1.165) is 17.8 Å². The molecule has 2 fully saturated rings. The molecular formula is C17H26BrNS. The summed E-state index contributed by atoms with van der Waals surface area (Å²) in [4.78, 5) is 2.93. The van der Waals surface area contributed by atoms with Gasteiger partial charge in [0.25, 0.3) is 0 Å². The molecule has 0 saturated heterocycles. The van der Waals surface area contributed by atoms with Crippen molar-refractivity contribution in [1.82, 2.24) is 5.32 Å². The van der Waals surface area contributed by atoms with Crippen molar-refractivity contribution < 1.29 is 0 Å². The van der Waals surface area contributed by atoms with Crippen molar-refractivity contribution in [3.05, 3.63) is 20.3 Å². The highest BCUT2D eigenvalue weighted by molar-refractivity contribution is 9.10. The van der Waals surface area contributed by atoms with Gasteiger partial charge < -0.3 is 5.32 Å². The standard InChI is InChI=1S/C17H26BrNS/c1-11-15(18)10-16(20-11)17(19-2)14-8-7-12-5-3-4-6-13(12)9-14/h10,12-14,17,19H,3-9H2,1-2H3. The zero-order valence-corrected chi connectivity index (χ0v) is 15.0. The third-order valence-electron chi connectivity index (χ3n) is 5.55. The zero-order chi connectivity index (χ0) is 14.1. The Hall–Kier alpha value is 0.140. The molecule has 1 nitrogen and oxygen atoms in total. The van der Waals surface area contributed by atoms with Crippen molar-refractivity contribution in [3.8, 4) is 0 Å². The van der Waals surface area contributed by atoms with Gasteiger partial charge in [0.2, 0.25) is 0 Å². The van der Waals surface area contributed by atoms with E-state index in [9.17, 15) is 0 Å². The quantitative estimate of drug-likeness (QED) is 0.734. The summed E-state index contributed by atoms with van der Waals surface area (Å²) in [6.45, 7) is 2.21. The first kappa shape index (κ1) is 15.1. The van der Waals surface area contributed by atoms with E-state index in [1.54, 1.807) is 0 Å². The van der Waals surface area contributed by atoms with Crippen molar-refractivity contribution in [2.75, 3.05) is 7.05 Å². The number of nitrogens with one attached hydrogen (secondary N) is 1. The van der Waals surface area contributed by atoms with Crippen LogP contribution >= 0.6 is 27.3 Å². The van der Waals surface area contributed by atoms with Crippen LogP contribution in [0.25, 0.3) is 0 Å². The molecular weight excluding hydrogens is 330 g/mol. The number of rotatable bonds is 3. The lowest BCUT2D eigenvalue weighted by atomic mass is 9.66. The summed E-state index contributed by atoms with van der Waals surface area (Å²) in [5, 5.41) is 3.61. The molecule has 112 valence electrons. The Bertz CT molecular complexity index is 436. The summed E-state index contributed by atoms with van der Waals surface area (Å²) < 4.78 is 1.28. The van der Waals surface area contributed by atoms with Crippen LogP contribution in [0.4, 0.5) is 0 Å². The van der Waals surface area contributed by atoms with E-state index in [-0.39, 0.29) is 0 Å². The van der Waals surface area contributed by atoms with Crippen LogP contribution in [0.2, 0.25) is 0 Å². The van der Waals surface area contributed by atoms with Crippen LogP contribution in [0, 0.1) is 24.7 Å². The summed E-state index contributed by atoms with van der Waals surface area (Å²) in [6, 6.07) is 2.90. The summed E-state index contributed by atoms with van der Waals surface area (Å²) in [6.07, 6.45) is 10.3. The van der Waals surface area contributed by atoms with Crippen LogP contribution in [-0.2, 0) is 0 Å². The number of hydrogen-bond donors (Lipinski definition) is 1. The second-order valence-corrected chi connectivity index (χ2v) is 8.84. The lowest BCUT2D eigenvalue weighted by Gasteiger charge is -2.41. The van der Waals surface area contributed by atoms with Crippen molar-refractivity contribution in [2.45, 2.75) is 57.9 Å². The number of fused-ring (bicyclic) bond motifs is 1. The maximum atomic E-state index is 3.68. The average molecular weight is 356 g/mol. The van der Waals surface area contributed by atoms with Crippen molar-refractivity contribution in [3.63, 3.8) is 0 Å². The number of hydrogen-bond acceptors (Lipinski definition) is 2. The van der Waals surface area contributed by atoms with E-state index in [2.05, 4.69) is 41.3 Å². The van der Waals surface area contributed by atoms with Crippen LogP contribution in [0.1, 0.15) is 60.7 Å². The van der Waals surface area contributed by atoms with E-state index in [1.165, 1.54) is 59.2 Å². The second-order valence-electron chi connectivity index (χ2n) is 6.70. The van der Waals surface area contributed by atoms with Crippen LogP contribution < -0.4 is 5.32 Å². The summed E-state index contributed by atoms with van der Waals surface area (Å²) in [5.41, 5.74) is 0. The van der Waals surface area contributed by atoms with Crippen LogP contribution in [0.3, 0.4) is 0 Å². The second kappa shape index (κ2) is 6.50. The van der Waals surface area contributed by atoms with E-state index >= 15 is 0 Å².